The average Bonchev–Trinajstić information content (AvgIpc) is 2.50. The fourth-order valence-electron chi connectivity index (χ4n) is 2.80. The first-order chi connectivity index (χ1) is 11.0. The van der Waals surface area contributed by atoms with Crippen LogP contribution in [0.5, 0.6) is 0 Å². The maximum Gasteiger partial charge on any atom is 0.267 e. The Labute approximate surface area is 133 Å². The van der Waals surface area contributed by atoms with Crippen molar-refractivity contribution in [2.45, 2.75) is 32.7 Å². The SMILES string of the molecule is CC1CCc2nn(CC(=O)Nc3ccc(F)cc3)c(=O)cc2C1. The quantitative estimate of drug-likeness (QED) is 0.944. The molecule has 6 heteroatoms. The zero-order valence-corrected chi connectivity index (χ0v) is 12.9. The van der Waals surface area contributed by atoms with Crippen molar-refractivity contribution < 1.29 is 9.18 Å². The molecule has 1 atom stereocenters. The zero-order valence-electron chi connectivity index (χ0n) is 12.9. The molecule has 1 unspecified atom stereocenters. The van der Waals surface area contributed by atoms with Crippen molar-refractivity contribution in [2.75, 3.05) is 5.32 Å². The predicted molar refractivity (Wildman–Crippen MR) is 84.7 cm³/mol. The van der Waals surface area contributed by atoms with Crippen molar-refractivity contribution in [3.05, 3.63) is 57.8 Å². The second kappa shape index (κ2) is 6.32. The molecule has 5 nitrogen and oxygen atoms in total. The molecule has 1 aromatic heterocycles. The summed E-state index contributed by atoms with van der Waals surface area (Å²) in [5, 5.41) is 6.95. The van der Waals surface area contributed by atoms with Gasteiger partial charge in [-0.05, 0) is 55.0 Å². The molecule has 120 valence electrons. The maximum absolute atomic E-state index is 12.8. The molecular weight excluding hydrogens is 297 g/mol. The minimum absolute atomic E-state index is 0.154. The van der Waals surface area contributed by atoms with E-state index in [-0.39, 0.29) is 23.8 Å². The maximum atomic E-state index is 12.8. The lowest BCUT2D eigenvalue weighted by Crippen LogP contribution is -2.32. The molecule has 0 spiro atoms. The van der Waals surface area contributed by atoms with Gasteiger partial charge in [-0.15, -0.1) is 0 Å². The van der Waals surface area contributed by atoms with E-state index >= 15 is 0 Å². The Morgan fingerprint density at radius 3 is 2.87 bits per heavy atom. The lowest BCUT2D eigenvalue weighted by molar-refractivity contribution is -0.117. The van der Waals surface area contributed by atoms with Crippen molar-refractivity contribution in [1.29, 1.82) is 0 Å². The number of nitrogens with zero attached hydrogens (tertiary/aromatic N) is 2. The number of benzene rings is 1. The van der Waals surface area contributed by atoms with E-state index in [0.717, 1.165) is 30.5 Å². The smallest absolute Gasteiger partial charge is 0.267 e. The third-order valence-corrected chi connectivity index (χ3v) is 4.03. The highest BCUT2D eigenvalue weighted by atomic mass is 19.1. The first-order valence-corrected chi connectivity index (χ1v) is 7.66. The number of fused-ring (bicyclic) bond motifs is 1. The number of aromatic nitrogens is 2. The number of hydrogen-bond acceptors (Lipinski definition) is 3. The summed E-state index contributed by atoms with van der Waals surface area (Å²) in [6.45, 7) is 2.00. The Hall–Kier alpha value is -2.50. The van der Waals surface area contributed by atoms with E-state index in [1.165, 1.54) is 28.9 Å². The summed E-state index contributed by atoms with van der Waals surface area (Å²) in [6.07, 6.45) is 2.73. The number of carbonyl (C=O) groups is 1. The first-order valence-electron chi connectivity index (χ1n) is 7.66. The fourth-order valence-corrected chi connectivity index (χ4v) is 2.80. The molecule has 0 saturated carbocycles. The van der Waals surface area contributed by atoms with Crippen LogP contribution < -0.4 is 10.9 Å². The number of aryl methyl sites for hydroxylation is 1. The van der Waals surface area contributed by atoms with E-state index in [2.05, 4.69) is 17.3 Å². The summed E-state index contributed by atoms with van der Waals surface area (Å²) in [7, 11) is 0. The molecule has 1 heterocycles. The molecule has 0 bridgehead atoms. The summed E-state index contributed by atoms with van der Waals surface area (Å²) in [6, 6.07) is 7.05. The Morgan fingerprint density at radius 1 is 1.39 bits per heavy atom. The molecule has 0 radical (unpaired) electrons. The number of hydrogen-bond donors (Lipinski definition) is 1. The summed E-state index contributed by atoms with van der Waals surface area (Å²) >= 11 is 0. The zero-order chi connectivity index (χ0) is 16.4. The van der Waals surface area contributed by atoms with Gasteiger partial charge >= 0.3 is 0 Å². The van der Waals surface area contributed by atoms with Crippen LogP contribution >= 0.6 is 0 Å². The van der Waals surface area contributed by atoms with Gasteiger partial charge < -0.3 is 5.32 Å². The van der Waals surface area contributed by atoms with Gasteiger partial charge in [-0.2, -0.15) is 5.10 Å². The van der Waals surface area contributed by atoms with E-state index in [0.29, 0.717) is 11.6 Å². The van der Waals surface area contributed by atoms with Gasteiger partial charge in [-0.3, -0.25) is 9.59 Å². The summed E-state index contributed by atoms with van der Waals surface area (Å²) in [4.78, 5) is 24.1. The second-order valence-corrected chi connectivity index (χ2v) is 6.02. The van der Waals surface area contributed by atoms with Gasteiger partial charge in [0, 0.05) is 11.8 Å². The van der Waals surface area contributed by atoms with Gasteiger partial charge in [0.15, 0.2) is 0 Å². The van der Waals surface area contributed by atoms with Crippen LogP contribution in [0.3, 0.4) is 0 Å². The molecule has 0 aliphatic heterocycles. The molecule has 1 aromatic carbocycles. The number of carbonyl (C=O) groups excluding carboxylic acids is 1. The highest BCUT2D eigenvalue weighted by molar-refractivity contribution is 5.90. The van der Waals surface area contributed by atoms with E-state index in [1.807, 2.05) is 0 Å². The van der Waals surface area contributed by atoms with E-state index in [1.54, 1.807) is 6.07 Å². The predicted octanol–water partition coefficient (Wildman–Crippen LogP) is 2.15. The Balaban J connectivity index is 1.73. The van der Waals surface area contributed by atoms with Crippen LogP contribution in [0.25, 0.3) is 0 Å². The minimum Gasteiger partial charge on any atom is -0.324 e. The minimum atomic E-state index is -0.371. The normalized spacial score (nSPS) is 16.7. The van der Waals surface area contributed by atoms with E-state index in [9.17, 15) is 14.0 Å². The van der Waals surface area contributed by atoms with Gasteiger partial charge in [0.25, 0.3) is 5.56 Å². The third kappa shape index (κ3) is 3.64. The topological polar surface area (TPSA) is 64.0 Å². The van der Waals surface area contributed by atoms with Crippen molar-refractivity contribution >= 4 is 11.6 Å². The van der Waals surface area contributed by atoms with Crippen molar-refractivity contribution in [2.24, 2.45) is 5.92 Å². The van der Waals surface area contributed by atoms with Crippen LogP contribution in [0.2, 0.25) is 0 Å². The second-order valence-electron chi connectivity index (χ2n) is 6.02. The van der Waals surface area contributed by atoms with Crippen LogP contribution in [0.1, 0.15) is 24.6 Å². The standard InChI is InChI=1S/C17H18FN3O2/c1-11-2-7-15-12(8-11)9-17(23)21(20-15)10-16(22)19-14-5-3-13(18)4-6-14/h3-6,9,11H,2,7-8,10H2,1H3,(H,19,22). The first kappa shape index (κ1) is 15.4. The Bertz CT molecular complexity index is 783. The van der Waals surface area contributed by atoms with Crippen LogP contribution in [0, 0.1) is 11.7 Å². The van der Waals surface area contributed by atoms with Crippen molar-refractivity contribution in [1.82, 2.24) is 9.78 Å². The van der Waals surface area contributed by atoms with E-state index in [4.69, 9.17) is 0 Å². The van der Waals surface area contributed by atoms with Crippen LogP contribution in [-0.2, 0) is 24.2 Å². The molecular formula is C17H18FN3O2. The van der Waals surface area contributed by atoms with Gasteiger partial charge in [0.1, 0.15) is 12.4 Å². The van der Waals surface area contributed by atoms with E-state index < -0.39 is 0 Å². The molecule has 0 saturated heterocycles. The molecule has 3 rings (SSSR count). The number of halogens is 1. The molecule has 1 aliphatic rings. The fraction of sp³-hybridized carbons (Fsp3) is 0.353. The summed E-state index contributed by atoms with van der Waals surface area (Å²) < 4.78 is 14.0. The van der Waals surface area contributed by atoms with Gasteiger partial charge in [-0.25, -0.2) is 9.07 Å². The largest absolute Gasteiger partial charge is 0.324 e. The number of rotatable bonds is 3. The third-order valence-electron chi connectivity index (χ3n) is 4.03. The van der Waals surface area contributed by atoms with Crippen molar-refractivity contribution in [3.63, 3.8) is 0 Å². The van der Waals surface area contributed by atoms with Gasteiger partial charge in [-0.1, -0.05) is 6.92 Å². The lowest BCUT2D eigenvalue weighted by atomic mass is 9.88. The van der Waals surface area contributed by atoms with Gasteiger partial charge in [0.2, 0.25) is 5.91 Å². The van der Waals surface area contributed by atoms with Gasteiger partial charge in [0.05, 0.1) is 5.69 Å². The summed E-state index contributed by atoms with van der Waals surface area (Å²) in [5.74, 6) is -0.179. The van der Waals surface area contributed by atoms with Crippen LogP contribution in [0.4, 0.5) is 10.1 Å². The average molecular weight is 315 g/mol. The molecule has 0 fully saturated rings. The highest BCUT2D eigenvalue weighted by Crippen LogP contribution is 2.22. The number of amides is 1. The molecule has 1 N–H and O–H groups in total. The summed E-state index contributed by atoms with van der Waals surface area (Å²) in [5.41, 5.74) is 2.10. The monoisotopic (exact) mass is 315 g/mol. The Kier molecular flexibility index (Phi) is 4.23. The number of nitrogens with one attached hydrogen (secondary N) is 1. The van der Waals surface area contributed by atoms with Crippen LogP contribution in [-0.4, -0.2) is 15.7 Å². The molecule has 1 aliphatic carbocycles. The molecule has 1 amide bonds. The number of anilines is 1. The van der Waals surface area contributed by atoms with Crippen LogP contribution in [0.15, 0.2) is 35.1 Å². The molecule has 23 heavy (non-hydrogen) atoms. The van der Waals surface area contributed by atoms with Crippen molar-refractivity contribution in [3.8, 4) is 0 Å². The molecule has 2 aromatic rings. The lowest BCUT2D eigenvalue weighted by Gasteiger charge is -2.20. The highest BCUT2D eigenvalue weighted by Gasteiger charge is 2.18. The Morgan fingerprint density at radius 2 is 2.13 bits per heavy atom.